The van der Waals surface area contributed by atoms with Crippen LogP contribution in [-0.2, 0) is 4.79 Å². The third kappa shape index (κ3) is 2.70. The zero-order valence-electron chi connectivity index (χ0n) is 11.6. The first-order valence-corrected chi connectivity index (χ1v) is 7.52. The summed E-state index contributed by atoms with van der Waals surface area (Å²) in [6, 6.07) is 6.90. The number of piperidine rings is 1. The number of rotatable bonds is 2. The van der Waals surface area contributed by atoms with E-state index in [4.69, 9.17) is 0 Å². The molecule has 2 fully saturated rings. The lowest BCUT2D eigenvalue weighted by atomic mass is 9.98. The molecule has 0 spiro atoms. The number of hydrogen-bond donors (Lipinski definition) is 1. The van der Waals surface area contributed by atoms with Crippen LogP contribution in [0.15, 0.2) is 24.3 Å². The average molecular weight is 276 g/mol. The van der Waals surface area contributed by atoms with E-state index in [1.165, 1.54) is 6.07 Å². The summed E-state index contributed by atoms with van der Waals surface area (Å²) in [5.74, 6) is 0.190. The Bertz CT molecular complexity index is 485. The van der Waals surface area contributed by atoms with Gasteiger partial charge < -0.3 is 10.2 Å². The Kier molecular flexibility index (Phi) is 4.01. The Labute approximate surface area is 119 Å². The molecule has 0 bridgehead atoms. The average Bonchev–Trinajstić information content (AvgIpc) is 2.97. The summed E-state index contributed by atoms with van der Waals surface area (Å²) < 4.78 is 13.8. The van der Waals surface area contributed by atoms with Crippen LogP contribution in [0.2, 0.25) is 0 Å². The van der Waals surface area contributed by atoms with Crippen molar-refractivity contribution < 1.29 is 9.18 Å². The number of benzene rings is 1. The van der Waals surface area contributed by atoms with Crippen molar-refractivity contribution in [3.63, 3.8) is 0 Å². The molecule has 0 aromatic heterocycles. The van der Waals surface area contributed by atoms with E-state index in [2.05, 4.69) is 5.32 Å². The number of likely N-dealkylation sites (tertiary alicyclic amines) is 1. The molecule has 1 N–H and O–H groups in total. The molecule has 2 saturated heterocycles. The number of hydrogen-bond acceptors (Lipinski definition) is 2. The molecule has 0 aliphatic carbocycles. The third-order valence-electron chi connectivity index (χ3n) is 4.45. The van der Waals surface area contributed by atoms with Crippen molar-refractivity contribution in [3.8, 4) is 0 Å². The molecule has 2 atom stereocenters. The maximum absolute atomic E-state index is 13.8. The normalized spacial score (nSPS) is 26.8. The second-order valence-corrected chi connectivity index (χ2v) is 5.79. The van der Waals surface area contributed by atoms with Crippen molar-refractivity contribution >= 4 is 5.91 Å². The van der Waals surface area contributed by atoms with Gasteiger partial charge in [0.15, 0.2) is 0 Å². The van der Waals surface area contributed by atoms with Crippen LogP contribution in [0.3, 0.4) is 0 Å². The minimum atomic E-state index is -0.150. The SMILES string of the molecule is O=C([C@@H]1CCCCN1)N1CC[C@@H](c2ccccc2F)C1. The van der Waals surface area contributed by atoms with E-state index in [9.17, 15) is 9.18 Å². The van der Waals surface area contributed by atoms with Crippen LogP contribution in [0.1, 0.15) is 37.2 Å². The molecule has 2 heterocycles. The predicted octanol–water partition coefficient (Wildman–Crippen LogP) is 2.28. The minimum absolute atomic E-state index is 0.0249. The predicted molar refractivity (Wildman–Crippen MR) is 76.0 cm³/mol. The summed E-state index contributed by atoms with van der Waals surface area (Å²) in [7, 11) is 0. The number of amides is 1. The molecule has 1 aromatic rings. The van der Waals surface area contributed by atoms with Gasteiger partial charge in [-0.3, -0.25) is 4.79 Å². The first kappa shape index (κ1) is 13.6. The van der Waals surface area contributed by atoms with Gasteiger partial charge in [-0.15, -0.1) is 0 Å². The molecule has 108 valence electrons. The van der Waals surface area contributed by atoms with Crippen molar-refractivity contribution in [2.75, 3.05) is 19.6 Å². The highest BCUT2D eigenvalue weighted by Crippen LogP contribution is 2.29. The smallest absolute Gasteiger partial charge is 0.239 e. The molecule has 2 aliphatic rings. The highest BCUT2D eigenvalue weighted by Gasteiger charge is 2.32. The van der Waals surface area contributed by atoms with Crippen LogP contribution >= 0.6 is 0 Å². The molecule has 1 aromatic carbocycles. The topological polar surface area (TPSA) is 32.3 Å². The summed E-state index contributed by atoms with van der Waals surface area (Å²) in [6.45, 7) is 2.33. The highest BCUT2D eigenvalue weighted by molar-refractivity contribution is 5.82. The van der Waals surface area contributed by atoms with Crippen LogP contribution in [0.25, 0.3) is 0 Å². The molecule has 3 rings (SSSR count). The molecule has 4 heteroatoms. The number of nitrogens with one attached hydrogen (secondary N) is 1. The Morgan fingerprint density at radius 1 is 1.25 bits per heavy atom. The van der Waals surface area contributed by atoms with Gasteiger partial charge in [-0.25, -0.2) is 4.39 Å². The molecule has 0 radical (unpaired) electrons. The largest absolute Gasteiger partial charge is 0.341 e. The quantitative estimate of drug-likeness (QED) is 0.899. The first-order valence-electron chi connectivity index (χ1n) is 7.52. The van der Waals surface area contributed by atoms with Gasteiger partial charge in [0.2, 0.25) is 5.91 Å². The second-order valence-electron chi connectivity index (χ2n) is 5.79. The van der Waals surface area contributed by atoms with Crippen LogP contribution in [-0.4, -0.2) is 36.5 Å². The van der Waals surface area contributed by atoms with Gasteiger partial charge in [0, 0.05) is 19.0 Å². The van der Waals surface area contributed by atoms with Gasteiger partial charge in [0.05, 0.1) is 6.04 Å². The van der Waals surface area contributed by atoms with Gasteiger partial charge in [-0.1, -0.05) is 24.6 Å². The molecule has 0 unspecified atom stereocenters. The van der Waals surface area contributed by atoms with Gasteiger partial charge in [0.1, 0.15) is 5.82 Å². The number of carbonyl (C=O) groups excluding carboxylic acids is 1. The lowest BCUT2D eigenvalue weighted by Gasteiger charge is -2.27. The zero-order valence-corrected chi connectivity index (χ0v) is 11.6. The molecule has 0 saturated carbocycles. The summed E-state index contributed by atoms with van der Waals surface area (Å²) in [6.07, 6.45) is 4.06. The van der Waals surface area contributed by atoms with E-state index >= 15 is 0 Å². The fourth-order valence-corrected chi connectivity index (χ4v) is 3.30. The molecule has 3 nitrogen and oxygen atoms in total. The van der Waals surface area contributed by atoms with E-state index in [1.54, 1.807) is 6.07 Å². The summed E-state index contributed by atoms with van der Waals surface area (Å²) in [5.41, 5.74) is 0.749. The van der Waals surface area contributed by atoms with Crippen molar-refractivity contribution in [1.29, 1.82) is 0 Å². The summed E-state index contributed by atoms with van der Waals surface area (Å²) in [5, 5.41) is 3.30. The van der Waals surface area contributed by atoms with Crippen LogP contribution in [0.5, 0.6) is 0 Å². The third-order valence-corrected chi connectivity index (χ3v) is 4.45. The Hall–Kier alpha value is -1.42. The van der Waals surface area contributed by atoms with Crippen molar-refractivity contribution in [2.24, 2.45) is 0 Å². The van der Waals surface area contributed by atoms with Gasteiger partial charge >= 0.3 is 0 Å². The van der Waals surface area contributed by atoms with Crippen molar-refractivity contribution in [2.45, 2.75) is 37.6 Å². The van der Waals surface area contributed by atoms with E-state index in [0.717, 1.165) is 44.3 Å². The maximum atomic E-state index is 13.8. The first-order chi connectivity index (χ1) is 9.75. The maximum Gasteiger partial charge on any atom is 0.239 e. The standard InChI is InChI=1S/C16H21FN2O/c17-14-6-2-1-5-13(14)12-8-10-19(11-12)16(20)15-7-3-4-9-18-15/h1-2,5-6,12,15,18H,3-4,7-11H2/t12-,15+/m1/s1. The van der Waals surface area contributed by atoms with Crippen LogP contribution < -0.4 is 5.32 Å². The molecule has 2 aliphatic heterocycles. The molecular formula is C16H21FN2O. The van der Waals surface area contributed by atoms with E-state index < -0.39 is 0 Å². The Morgan fingerprint density at radius 3 is 2.85 bits per heavy atom. The van der Waals surface area contributed by atoms with Crippen molar-refractivity contribution in [3.05, 3.63) is 35.6 Å². The van der Waals surface area contributed by atoms with E-state index in [1.807, 2.05) is 17.0 Å². The number of nitrogens with zero attached hydrogens (tertiary/aromatic N) is 1. The fraction of sp³-hybridized carbons (Fsp3) is 0.562. The van der Waals surface area contributed by atoms with Gasteiger partial charge in [-0.05, 0) is 37.4 Å². The van der Waals surface area contributed by atoms with Crippen LogP contribution in [0, 0.1) is 5.82 Å². The number of halogens is 1. The minimum Gasteiger partial charge on any atom is -0.341 e. The second kappa shape index (κ2) is 5.92. The van der Waals surface area contributed by atoms with E-state index in [-0.39, 0.29) is 23.7 Å². The van der Waals surface area contributed by atoms with E-state index in [0.29, 0.717) is 6.54 Å². The lowest BCUT2D eigenvalue weighted by molar-refractivity contribution is -0.133. The van der Waals surface area contributed by atoms with Crippen LogP contribution in [0.4, 0.5) is 4.39 Å². The molecule has 20 heavy (non-hydrogen) atoms. The fourth-order valence-electron chi connectivity index (χ4n) is 3.30. The van der Waals surface area contributed by atoms with Crippen molar-refractivity contribution in [1.82, 2.24) is 10.2 Å². The lowest BCUT2D eigenvalue weighted by Crippen LogP contribution is -2.47. The zero-order chi connectivity index (χ0) is 13.9. The monoisotopic (exact) mass is 276 g/mol. The number of carbonyl (C=O) groups is 1. The van der Waals surface area contributed by atoms with Gasteiger partial charge in [-0.2, -0.15) is 0 Å². The Balaban J connectivity index is 1.64. The van der Waals surface area contributed by atoms with Gasteiger partial charge in [0.25, 0.3) is 0 Å². The molecule has 1 amide bonds. The molecular weight excluding hydrogens is 255 g/mol. The highest BCUT2D eigenvalue weighted by atomic mass is 19.1. The summed E-state index contributed by atoms with van der Waals surface area (Å²) >= 11 is 0. The summed E-state index contributed by atoms with van der Waals surface area (Å²) in [4.78, 5) is 14.3. The Morgan fingerprint density at radius 2 is 2.10 bits per heavy atom.